The molecule has 1 amide bonds. The molecule has 1 aliphatic rings. The number of aliphatic hydroxyl groups is 1. The molecular weight excluding hydrogens is 398 g/mol. The smallest absolute Gasteiger partial charge is 0.404 e. The van der Waals surface area contributed by atoms with Crippen LogP contribution in [-0.2, 0) is 4.74 Å². The van der Waals surface area contributed by atoms with Crippen LogP contribution < -0.4 is 15.4 Å². The molecule has 0 aliphatic carbocycles. The molecule has 1 aliphatic heterocycles. The average Bonchev–Trinajstić information content (AvgIpc) is 3.24. The summed E-state index contributed by atoms with van der Waals surface area (Å²) < 4.78 is 12.3. The second-order valence-corrected chi connectivity index (χ2v) is 7.07. The molecule has 2 atom stereocenters. The van der Waals surface area contributed by atoms with Gasteiger partial charge in [0.2, 0.25) is 0 Å². The van der Waals surface area contributed by atoms with Gasteiger partial charge in [-0.1, -0.05) is 11.6 Å². The number of anilines is 1. The first-order chi connectivity index (χ1) is 14.0. The SMILES string of the molecule is CCOc1cc(-c2ccc(N3C[C@@H](O)[C@@H](OC(N)=O)C3)nc2)c2c(Cl)cnn2c1. The van der Waals surface area contributed by atoms with Crippen molar-refractivity contribution in [2.75, 3.05) is 24.6 Å². The first-order valence-corrected chi connectivity index (χ1v) is 9.49. The van der Waals surface area contributed by atoms with Crippen molar-refractivity contribution in [3.05, 3.63) is 41.8 Å². The summed E-state index contributed by atoms with van der Waals surface area (Å²) in [5.41, 5.74) is 7.49. The average molecular weight is 418 g/mol. The van der Waals surface area contributed by atoms with Gasteiger partial charge in [0, 0.05) is 23.9 Å². The van der Waals surface area contributed by atoms with Crippen LogP contribution in [0.25, 0.3) is 16.6 Å². The van der Waals surface area contributed by atoms with Gasteiger partial charge in [0.15, 0.2) is 0 Å². The molecule has 3 aromatic rings. The van der Waals surface area contributed by atoms with Crippen LogP contribution in [0.15, 0.2) is 36.8 Å². The second-order valence-electron chi connectivity index (χ2n) is 6.66. The van der Waals surface area contributed by atoms with Crippen molar-refractivity contribution in [1.82, 2.24) is 14.6 Å². The molecule has 3 N–H and O–H groups in total. The predicted octanol–water partition coefficient (Wildman–Crippen LogP) is 2.09. The maximum absolute atomic E-state index is 11.0. The van der Waals surface area contributed by atoms with E-state index in [0.29, 0.717) is 36.3 Å². The lowest BCUT2D eigenvalue weighted by atomic mass is 10.1. The summed E-state index contributed by atoms with van der Waals surface area (Å²) in [4.78, 5) is 17.3. The topological polar surface area (TPSA) is 115 Å². The molecule has 9 nitrogen and oxygen atoms in total. The number of hydrogen-bond acceptors (Lipinski definition) is 7. The van der Waals surface area contributed by atoms with E-state index >= 15 is 0 Å². The van der Waals surface area contributed by atoms with Gasteiger partial charge in [-0.15, -0.1) is 0 Å². The highest BCUT2D eigenvalue weighted by molar-refractivity contribution is 6.34. The Morgan fingerprint density at radius 2 is 2.21 bits per heavy atom. The Morgan fingerprint density at radius 3 is 2.90 bits per heavy atom. The van der Waals surface area contributed by atoms with Gasteiger partial charge < -0.3 is 25.2 Å². The van der Waals surface area contributed by atoms with Gasteiger partial charge >= 0.3 is 6.09 Å². The molecule has 152 valence electrons. The number of halogens is 1. The molecule has 1 saturated heterocycles. The highest BCUT2D eigenvalue weighted by Crippen LogP contribution is 2.33. The lowest BCUT2D eigenvalue weighted by Gasteiger charge is -2.17. The molecule has 0 spiro atoms. The summed E-state index contributed by atoms with van der Waals surface area (Å²) in [6.45, 7) is 3.05. The first-order valence-electron chi connectivity index (χ1n) is 9.11. The van der Waals surface area contributed by atoms with Gasteiger partial charge in [0.05, 0.1) is 36.1 Å². The number of carbonyl (C=O) groups excluding carboxylic acids is 1. The number of carbonyl (C=O) groups is 1. The standard InChI is InChI=1S/C19H20ClN5O4/c1-2-28-12-5-13(18-14(20)7-23-25(18)8-12)11-3-4-17(22-6-11)24-9-15(26)16(10-24)29-19(21)27/h3-8,15-16,26H,2,9-10H2,1H3,(H2,21,27)/t15-,16+/m1/s1. The zero-order valence-corrected chi connectivity index (χ0v) is 16.4. The van der Waals surface area contributed by atoms with Crippen LogP contribution in [0.1, 0.15) is 6.92 Å². The van der Waals surface area contributed by atoms with Crippen molar-refractivity contribution in [3.8, 4) is 16.9 Å². The minimum Gasteiger partial charge on any atom is -0.492 e. The third kappa shape index (κ3) is 3.79. The van der Waals surface area contributed by atoms with Gasteiger partial charge in [-0.2, -0.15) is 5.10 Å². The Labute approximate surface area is 171 Å². The fraction of sp³-hybridized carbons (Fsp3) is 0.316. The van der Waals surface area contributed by atoms with Crippen LogP contribution in [0.4, 0.5) is 10.6 Å². The predicted molar refractivity (Wildman–Crippen MR) is 107 cm³/mol. The minimum absolute atomic E-state index is 0.294. The van der Waals surface area contributed by atoms with E-state index in [1.807, 2.05) is 30.0 Å². The molecule has 0 bridgehead atoms. The van der Waals surface area contributed by atoms with Gasteiger partial charge in [-0.3, -0.25) is 0 Å². The number of β-amino-alcohol motifs (C(OH)–C–C–N with tert-alkyl or cyclic N) is 1. The van der Waals surface area contributed by atoms with Gasteiger partial charge in [0.1, 0.15) is 23.8 Å². The third-order valence-corrected chi connectivity index (χ3v) is 5.02. The fourth-order valence-electron chi connectivity index (χ4n) is 3.47. The minimum atomic E-state index is -0.907. The fourth-order valence-corrected chi connectivity index (χ4v) is 3.70. The number of nitrogens with zero attached hydrogens (tertiary/aromatic N) is 4. The lowest BCUT2D eigenvalue weighted by Crippen LogP contribution is -2.32. The number of pyridine rings is 2. The molecule has 3 aromatic heterocycles. The zero-order valence-electron chi connectivity index (χ0n) is 15.7. The number of primary amides is 1. The highest BCUT2D eigenvalue weighted by Gasteiger charge is 2.34. The maximum Gasteiger partial charge on any atom is 0.404 e. The molecule has 1 fully saturated rings. The molecular formula is C19H20ClN5O4. The molecule has 4 rings (SSSR count). The number of ether oxygens (including phenoxy) is 2. The number of amides is 1. The molecule has 4 heterocycles. The Kier molecular flexibility index (Phi) is 5.16. The van der Waals surface area contributed by atoms with Crippen molar-refractivity contribution in [3.63, 3.8) is 0 Å². The zero-order chi connectivity index (χ0) is 20.5. The van der Waals surface area contributed by atoms with Crippen molar-refractivity contribution < 1.29 is 19.4 Å². The quantitative estimate of drug-likeness (QED) is 0.653. The van der Waals surface area contributed by atoms with Crippen molar-refractivity contribution >= 4 is 29.0 Å². The summed E-state index contributed by atoms with van der Waals surface area (Å²) in [7, 11) is 0. The maximum atomic E-state index is 11.0. The van der Waals surface area contributed by atoms with Crippen LogP contribution in [0.3, 0.4) is 0 Å². The lowest BCUT2D eigenvalue weighted by molar-refractivity contribution is 0.0376. The van der Waals surface area contributed by atoms with E-state index in [1.54, 1.807) is 23.1 Å². The number of aliphatic hydroxyl groups excluding tert-OH is 1. The van der Waals surface area contributed by atoms with E-state index in [9.17, 15) is 9.90 Å². The van der Waals surface area contributed by atoms with E-state index in [0.717, 1.165) is 16.6 Å². The van der Waals surface area contributed by atoms with Crippen LogP contribution >= 0.6 is 11.6 Å². The van der Waals surface area contributed by atoms with Crippen molar-refractivity contribution in [2.24, 2.45) is 5.73 Å². The molecule has 0 saturated carbocycles. The second kappa shape index (κ2) is 7.76. The van der Waals surface area contributed by atoms with Gasteiger partial charge in [-0.25, -0.2) is 14.3 Å². The van der Waals surface area contributed by atoms with Crippen LogP contribution in [0.2, 0.25) is 5.02 Å². The Balaban J connectivity index is 1.63. The number of hydrogen-bond donors (Lipinski definition) is 2. The summed E-state index contributed by atoms with van der Waals surface area (Å²) in [6.07, 6.45) is 2.68. The monoisotopic (exact) mass is 417 g/mol. The Bertz CT molecular complexity index is 1040. The largest absolute Gasteiger partial charge is 0.492 e. The number of aromatic nitrogens is 3. The van der Waals surface area contributed by atoms with Gasteiger partial charge in [0.25, 0.3) is 0 Å². The summed E-state index contributed by atoms with van der Waals surface area (Å²) in [5, 5.41) is 14.9. The van der Waals surface area contributed by atoms with Crippen LogP contribution in [-0.4, -0.2) is 57.7 Å². The molecule has 10 heteroatoms. The summed E-state index contributed by atoms with van der Waals surface area (Å²) in [6, 6.07) is 5.65. The van der Waals surface area contributed by atoms with E-state index in [-0.39, 0.29) is 0 Å². The van der Waals surface area contributed by atoms with Crippen molar-refractivity contribution in [2.45, 2.75) is 19.1 Å². The Hall–Kier alpha value is -3.04. The summed E-state index contributed by atoms with van der Waals surface area (Å²) in [5.74, 6) is 1.33. The van der Waals surface area contributed by atoms with Crippen LogP contribution in [0.5, 0.6) is 5.75 Å². The van der Waals surface area contributed by atoms with E-state index in [1.165, 1.54) is 0 Å². The molecule has 0 unspecified atom stereocenters. The highest BCUT2D eigenvalue weighted by atomic mass is 35.5. The molecule has 0 radical (unpaired) electrons. The van der Waals surface area contributed by atoms with E-state index in [4.69, 9.17) is 26.8 Å². The third-order valence-electron chi connectivity index (χ3n) is 4.74. The van der Waals surface area contributed by atoms with Crippen molar-refractivity contribution in [1.29, 1.82) is 0 Å². The molecule has 0 aromatic carbocycles. The van der Waals surface area contributed by atoms with E-state index < -0.39 is 18.3 Å². The van der Waals surface area contributed by atoms with Crippen LogP contribution in [0, 0.1) is 0 Å². The normalized spacial score (nSPS) is 18.9. The van der Waals surface area contributed by atoms with Gasteiger partial charge in [-0.05, 0) is 25.1 Å². The van der Waals surface area contributed by atoms with E-state index in [2.05, 4.69) is 10.1 Å². The number of rotatable bonds is 5. The summed E-state index contributed by atoms with van der Waals surface area (Å²) >= 11 is 6.33. The Morgan fingerprint density at radius 1 is 1.38 bits per heavy atom. The number of fused-ring (bicyclic) bond motifs is 1. The number of nitrogens with two attached hydrogens (primary N) is 1. The first kappa shape index (κ1) is 19.3. The molecule has 29 heavy (non-hydrogen) atoms.